The summed E-state index contributed by atoms with van der Waals surface area (Å²) in [7, 11) is 0. The molecule has 4 heteroatoms. The van der Waals surface area contributed by atoms with Crippen LogP contribution in [-0.2, 0) is 13.2 Å². The second kappa shape index (κ2) is 5.27. The van der Waals surface area contributed by atoms with Gasteiger partial charge in [-0.05, 0) is 23.8 Å². The molecule has 0 spiro atoms. The van der Waals surface area contributed by atoms with Crippen molar-refractivity contribution >= 4 is 22.5 Å². The van der Waals surface area contributed by atoms with Crippen molar-refractivity contribution in [2.24, 2.45) is 0 Å². The fourth-order valence-electron chi connectivity index (χ4n) is 2.42. The van der Waals surface area contributed by atoms with Crippen molar-refractivity contribution in [3.05, 3.63) is 70.6 Å². The predicted octanol–water partition coefficient (Wildman–Crippen LogP) is 3.97. The molecule has 0 unspecified atom stereocenters. The molecule has 0 saturated heterocycles. The Balaban J connectivity index is 2.05. The highest BCUT2D eigenvalue weighted by molar-refractivity contribution is 6.30. The van der Waals surface area contributed by atoms with Crippen molar-refractivity contribution in [2.75, 3.05) is 0 Å². The van der Waals surface area contributed by atoms with Crippen molar-refractivity contribution in [3.8, 4) is 0 Å². The summed E-state index contributed by atoms with van der Waals surface area (Å²) >= 11 is 5.80. The summed E-state index contributed by atoms with van der Waals surface area (Å²) in [5.74, 6) is -0.380. The van der Waals surface area contributed by atoms with Gasteiger partial charge in [0.1, 0.15) is 5.82 Å². The molecule has 0 atom stereocenters. The standard InChI is InChI=1S/C16H13ClFNO/c17-14-5-1-3-11(16(14)18)9-19-8-7-13-12(10-20)4-2-6-15(13)19/h1-8,20H,9-10H2. The Labute approximate surface area is 121 Å². The molecule has 0 aliphatic heterocycles. The van der Waals surface area contributed by atoms with Crippen LogP contribution in [0.15, 0.2) is 48.7 Å². The van der Waals surface area contributed by atoms with E-state index >= 15 is 0 Å². The molecule has 102 valence electrons. The largest absolute Gasteiger partial charge is 0.392 e. The SMILES string of the molecule is OCc1cccc2c1ccn2Cc1cccc(Cl)c1F. The topological polar surface area (TPSA) is 25.2 Å². The summed E-state index contributed by atoms with van der Waals surface area (Å²) in [4.78, 5) is 0. The third kappa shape index (κ3) is 2.19. The van der Waals surface area contributed by atoms with Crippen LogP contribution in [0.4, 0.5) is 4.39 Å². The van der Waals surface area contributed by atoms with E-state index < -0.39 is 0 Å². The van der Waals surface area contributed by atoms with E-state index in [0.29, 0.717) is 12.1 Å². The average molecular weight is 290 g/mol. The number of aliphatic hydroxyl groups excluding tert-OH is 1. The monoisotopic (exact) mass is 289 g/mol. The zero-order chi connectivity index (χ0) is 14.1. The molecule has 0 aliphatic rings. The molecule has 0 saturated carbocycles. The van der Waals surface area contributed by atoms with Crippen molar-refractivity contribution in [1.29, 1.82) is 0 Å². The number of hydrogen-bond acceptors (Lipinski definition) is 1. The molecule has 0 fully saturated rings. The minimum atomic E-state index is -0.380. The van der Waals surface area contributed by atoms with Crippen molar-refractivity contribution < 1.29 is 9.50 Å². The molecule has 2 nitrogen and oxygen atoms in total. The van der Waals surface area contributed by atoms with Gasteiger partial charge in [0.25, 0.3) is 0 Å². The van der Waals surface area contributed by atoms with Gasteiger partial charge in [0.2, 0.25) is 0 Å². The van der Waals surface area contributed by atoms with Crippen LogP contribution in [-0.4, -0.2) is 9.67 Å². The van der Waals surface area contributed by atoms with Gasteiger partial charge in [-0.25, -0.2) is 4.39 Å². The number of benzene rings is 2. The maximum atomic E-state index is 14.0. The second-order valence-electron chi connectivity index (χ2n) is 4.66. The molecule has 3 aromatic rings. The van der Waals surface area contributed by atoms with Crippen LogP contribution in [0.2, 0.25) is 5.02 Å². The Hall–Kier alpha value is -1.84. The van der Waals surface area contributed by atoms with Gasteiger partial charge in [0.05, 0.1) is 18.2 Å². The number of aliphatic hydroxyl groups is 1. The van der Waals surface area contributed by atoms with E-state index in [9.17, 15) is 9.50 Å². The molecule has 1 heterocycles. The Bertz CT molecular complexity index is 766. The van der Waals surface area contributed by atoms with Crippen molar-refractivity contribution in [1.82, 2.24) is 4.57 Å². The lowest BCUT2D eigenvalue weighted by Crippen LogP contribution is -2.01. The van der Waals surface area contributed by atoms with Crippen LogP contribution in [0.5, 0.6) is 0 Å². The van der Waals surface area contributed by atoms with Crippen LogP contribution in [0.3, 0.4) is 0 Å². The van der Waals surface area contributed by atoms with E-state index in [1.807, 2.05) is 35.0 Å². The minimum Gasteiger partial charge on any atom is -0.392 e. The van der Waals surface area contributed by atoms with Gasteiger partial charge in [-0.3, -0.25) is 0 Å². The van der Waals surface area contributed by atoms with Gasteiger partial charge >= 0.3 is 0 Å². The molecular weight excluding hydrogens is 277 g/mol. The number of hydrogen-bond donors (Lipinski definition) is 1. The van der Waals surface area contributed by atoms with E-state index in [0.717, 1.165) is 16.5 Å². The van der Waals surface area contributed by atoms with Crippen LogP contribution in [0, 0.1) is 5.82 Å². The lowest BCUT2D eigenvalue weighted by atomic mass is 10.1. The lowest BCUT2D eigenvalue weighted by Gasteiger charge is -2.08. The smallest absolute Gasteiger partial charge is 0.146 e. The van der Waals surface area contributed by atoms with Gasteiger partial charge in [-0.2, -0.15) is 0 Å². The highest BCUT2D eigenvalue weighted by atomic mass is 35.5. The first kappa shape index (κ1) is 13.2. The zero-order valence-corrected chi connectivity index (χ0v) is 11.4. The summed E-state index contributed by atoms with van der Waals surface area (Å²) in [6.07, 6.45) is 1.89. The van der Waals surface area contributed by atoms with Gasteiger partial charge in [-0.1, -0.05) is 35.9 Å². The molecule has 1 aromatic heterocycles. The van der Waals surface area contributed by atoms with Crippen molar-refractivity contribution in [2.45, 2.75) is 13.2 Å². The summed E-state index contributed by atoms with van der Waals surface area (Å²) in [5.41, 5.74) is 2.38. The Morgan fingerprint density at radius 2 is 1.80 bits per heavy atom. The van der Waals surface area contributed by atoms with Crippen molar-refractivity contribution in [3.63, 3.8) is 0 Å². The molecule has 20 heavy (non-hydrogen) atoms. The molecule has 0 bridgehead atoms. The van der Waals surface area contributed by atoms with Gasteiger partial charge in [0, 0.05) is 22.7 Å². The van der Waals surface area contributed by atoms with E-state index in [-0.39, 0.29) is 17.4 Å². The first-order valence-corrected chi connectivity index (χ1v) is 6.69. The van der Waals surface area contributed by atoms with Gasteiger partial charge < -0.3 is 9.67 Å². The van der Waals surface area contributed by atoms with E-state index in [1.165, 1.54) is 6.07 Å². The maximum Gasteiger partial charge on any atom is 0.146 e. The lowest BCUT2D eigenvalue weighted by molar-refractivity contribution is 0.283. The normalized spacial score (nSPS) is 11.2. The number of aromatic nitrogens is 1. The number of nitrogens with zero attached hydrogens (tertiary/aromatic N) is 1. The third-order valence-electron chi connectivity index (χ3n) is 3.45. The Morgan fingerprint density at radius 1 is 1.05 bits per heavy atom. The third-order valence-corrected chi connectivity index (χ3v) is 3.74. The number of halogens is 2. The van der Waals surface area contributed by atoms with E-state index in [4.69, 9.17) is 11.6 Å². The van der Waals surface area contributed by atoms with Crippen LogP contribution < -0.4 is 0 Å². The highest BCUT2D eigenvalue weighted by Gasteiger charge is 2.09. The second-order valence-corrected chi connectivity index (χ2v) is 5.07. The summed E-state index contributed by atoms with van der Waals surface area (Å²) in [6, 6.07) is 12.7. The molecule has 1 N–H and O–H groups in total. The van der Waals surface area contributed by atoms with Crippen LogP contribution in [0.1, 0.15) is 11.1 Å². The van der Waals surface area contributed by atoms with Crippen LogP contribution >= 0.6 is 11.6 Å². The quantitative estimate of drug-likeness (QED) is 0.775. The first-order chi connectivity index (χ1) is 9.70. The minimum absolute atomic E-state index is 0.00706. The first-order valence-electron chi connectivity index (χ1n) is 6.31. The predicted molar refractivity (Wildman–Crippen MR) is 78.4 cm³/mol. The van der Waals surface area contributed by atoms with Gasteiger partial charge in [-0.15, -0.1) is 0 Å². The molecular formula is C16H13ClFNO. The van der Waals surface area contributed by atoms with Crippen LogP contribution in [0.25, 0.3) is 10.9 Å². The fourth-order valence-corrected chi connectivity index (χ4v) is 2.61. The summed E-state index contributed by atoms with van der Waals surface area (Å²) in [5, 5.41) is 10.4. The highest BCUT2D eigenvalue weighted by Crippen LogP contribution is 2.23. The molecule has 2 aromatic carbocycles. The van der Waals surface area contributed by atoms with E-state index in [1.54, 1.807) is 12.1 Å². The zero-order valence-electron chi connectivity index (χ0n) is 10.7. The Kier molecular flexibility index (Phi) is 3.47. The fraction of sp³-hybridized carbons (Fsp3) is 0.125. The molecule has 0 radical (unpaired) electrons. The summed E-state index contributed by atoms with van der Waals surface area (Å²) < 4.78 is 15.9. The number of rotatable bonds is 3. The molecule has 0 aliphatic carbocycles. The van der Waals surface area contributed by atoms with Gasteiger partial charge in [0.15, 0.2) is 0 Å². The molecule has 0 amide bonds. The summed E-state index contributed by atoms with van der Waals surface area (Å²) in [6.45, 7) is 0.400. The average Bonchev–Trinajstić information content (AvgIpc) is 2.87. The maximum absolute atomic E-state index is 14.0. The van der Waals surface area contributed by atoms with E-state index in [2.05, 4.69) is 0 Å². The molecule has 3 rings (SSSR count). The number of fused-ring (bicyclic) bond motifs is 1. The Morgan fingerprint density at radius 3 is 2.60 bits per heavy atom.